The van der Waals surface area contributed by atoms with E-state index in [0.29, 0.717) is 35.8 Å². The smallest absolute Gasteiger partial charge is 0.407 e. The van der Waals surface area contributed by atoms with E-state index in [2.05, 4.69) is 40.8 Å². The number of imidazole rings is 1. The molecule has 0 aliphatic carbocycles. The first-order chi connectivity index (χ1) is 19.4. The predicted molar refractivity (Wildman–Crippen MR) is 159 cm³/mol. The van der Waals surface area contributed by atoms with Gasteiger partial charge in [-0.05, 0) is 69.9 Å². The molecule has 0 saturated carbocycles. The average Bonchev–Trinajstić information content (AvgIpc) is 3.43. The van der Waals surface area contributed by atoms with E-state index in [0.717, 1.165) is 47.5 Å². The summed E-state index contributed by atoms with van der Waals surface area (Å²) < 4.78 is 15.4. The SMILES string of the molecule is COc1cc(C(=O)N2CCC[C@@H](NC(=O)OC(C)(C)C)C2)cc2nc(-c3cc4cccnc4n3CC(C)C)n(C)c12. The van der Waals surface area contributed by atoms with Gasteiger partial charge in [-0.15, -0.1) is 0 Å². The number of carbonyl (C=O) groups is 2. The van der Waals surface area contributed by atoms with Gasteiger partial charge < -0.3 is 28.8 Å². The summed E-state index contributed by atoms with van der Waals surface area (Å²) in [5.74, 6) is 1.66. The van der Waals surface area contributed by atoms with Gasteiger partial charge in [0.25, 0.3) is 5.91 Å². The zero-order valence-corrected chi connectivity index (χ0v) is 25.0. The fourth-order valence-electron chi connectivity index (χ4n) is 5.58. The Morgan fingerprint density at radius 3 is 2.68 bits per heavy atom. The minimum absolute atomic E-state index is 0.119. The molecule has 3 aromatic heterocycles. The first kappa shape index (κ1) is 28.4. The maximum atomic E-state index is 13.7. The van der Waals surface area contributed by atoms with Crippen LogP contribution < -0.4 is 10.1 Å². The lowest BCUT2D eigenvalue weighted by Crippen LogP contribution is -2.50. The Balaban J connectivity index is 1.47. The number of ether oxygens (including phenoxy) is 2. The third-order valence-corrected chi connectivity index (χ3v) is 7.26. The first-order valence-corrected chi connectivity index (χ1v) is 14.2. The standard InChI is InChI=1S/C31H40N6O4/c1-19(2)17-37-24(15-20-10-8-12-32-27(20)37)28-34-23-14-21(16-25(40-7)26(23)35(28)6)29(38)36-13-9-11-22(18-36)33-30(39)41-31(3,4)5/h8,10,12,14-16,19,22H,9,11,13,17-18H2,1-7H3,(H,33,39)/t22-/m1/s1. The van der Waals surface area contributed by atoms with Crippen molar-refractivity contribution in [3.05, 3.63) is 42.1 Å². The Bertz CT molecular complexity index is 1600. The topological polar surface area (TPSA) is 104 Å². The van der Waals surface area contributed by atoms with Crippen LogP contribution in [-0.2, 0) is 18.3 Å². The van der Waals surface area contributed by atoms with Crippen LogP contribution in [0.4, 0.5) is 4.79 Å². The van der Waals surface area contributed by atoms with E-state index in [1.54, 1.807) is 18.1 Å². The van der Waals surface area contributed by atoms with Crippen LogP contribution in [0.5, 0.6) is 5.75 Å². The van der Waals surface area contributed by atoms with Crippen LogP contribution in [0, 0.1) is 5.92 Å². The van der Waals surface area contributed by atoms with Crippen LogP contribution in [0.1, 0.15) is 57.8 Å². The molecule has 10 nitrogen and oxygen atoms in total. The Hall–Kier alpha value is -4.08. The van der Waals surface area contributed by atoms with Gasteiger partial charge in [-0.1, -0.05) is 13.8 Å². The fraction of sp³-hybridized carbons (Fsp3) is 0.484. The highest BCUT2D eigenvalue weighted by atomic mass is 16.6. The van der Waals surface area contributed by atoms with Crippen molar-refractivity contribution in [3.63, 3.8) is 0 Å². The van der Waals surface area contributed by atoms with Crippen LogP contribution in [0.25, 0.3) is 33.6 Å². The number of piperidine rings is 1. The second kappa shape index (κ2) is 11.1. The number of nitrogens with one attached hydrogen (secondary N) is 1. The van der Waals surface area contributed by atoms with Gasteiger partial charge in [0.05, 0.1) is 18.3 Å². The van der Waals surface area contributed by atoms with Gasteiger partial charge in [0.1, 0.15) is 22.5 Å². The molecular weight excluding hydrogens is 520 g/mol. The second-order valence-electron chi connectivity index (χ2n) is 12.2. The number of methoxy groups -OCH3 is 1. The van der Waals surface area contributed by atoms with Crippen LogP contribution >= 0.6 is 0 Å². The summed E-state index contributed by atoms with van der Waals surface area (Å²) >= 11 is 0. The molecular formula is C31H40N6O4. The molecule has 0 radical (unpaired) electrons. The lowest BCUT2D eigenvalue weighted by molar-refractivity contribution is 0.0452. The van der Waals surface area contributed by atoms with Crippen molar-refractivity contribution < 1.29 is 19.1 Å². The summed E-state index contributed by atoms with van der Waals surface area (Å²) in [6.45, 7) is 11.7. The van der Waals surface area contributed by atoms with E-state index >= 15 is 0 Å². The van der Waals surface area contributed by atoms with Gasteiger partial charge in [0.2, 0.25) is 0 Å². The van der Waals surface area contributed by atoms with Gasteiger partial charge in [0, 0.05) is 49.9 Å². The van der Waals surface area contributed by atoms with Crippen molar-refractivity contribution >= 4 is 34.1 Å². The third-order valence-electron chi connectivity index (χ3n) is 7.26. The van der Waals surface area contributed by atoms with Gasteiger partial charge >= 0.3 is 6.09 Å². The quantitative estimate of drug-likeness (QED) is 0.339. The van der Waals surface area contributed by atoms with Crippen molar-refractivity contribution in [1.82, 2.24) is 29.3 Å². The lowest BCUT2D eigenvalue weighted by atomic mass is 10.0. The van der Waals surface area contributed by atoms with Gasteiger partial charge in [-0.2, -0.15) is 0 Å². The number of nitrogens with zero attached hydrogens (tertiary/aromatic N) is 5. The fourth-order valence-corrected chi connectivity index (χ4v) is 5.58. The highest BCUT2D eigenvalue weighted by Gasteiger charge is 2.29. The number of likely N-dealkylation sites (tertiary alicyclic amines) is 1. The predicted octanol–water partition coefficient (Wildman–Crippen LogP) is 5.38. The van der Waals surface area contributed by atoms with Crippen molar-refractivity contribution in [2.75, 3.05) is 20.2 Å². The van der Waals surface area contributed by atoms with Crippen LogP contribution in [-0.4, -0.2) is 67.8 Å². The number of carbonyl (C=O) groups excluding carboxylic acids is 2. The molecule has 0 bridgehead atoms. The molecule has 1 atom stereocenters. The minimum Gasteiger partial charge on any atom is -0.494 e. The summed E-state index contributed by atoms with van der Waals surface area (Å²) in [5, 5.41) is 3.97. The van der Waals surface area contributed by atoms with E-state index in [-0.39, 0.29) is 11.9 Å². The molecule has 1 N–H and O–H groups in total. The molecule has 4 heterocycles. The third kappa shape index (κ3) is 5.87. The molecule has 5 rings (SSSR count). The molecule has 0 unspecified atom stereocenters. The van der Waals surface area contributed by atoms with E-state index in [1.807, 2.05) is 50.7 Å². The van der Waals surface area contributed by atoms with Crippen molar-refractivity contribution in [3.8, 4) is 17.3 Å². The van der Waals surface area contributed by atoms with Crippen molar-refractivity contribution in [1.29, 1.82) is 0 Å². The zero-order valence-electron chi connectivity index (χ0n) is 25.0. The largest absolute Gasteiger partial charge is 0.494 e. The molecule has 2 amide bonds. The molecule has 1 saturated heterocycles. The van der Waals surface area contributed by atoms with Crippen LogP contribution in [0.2, 0.25) is 0 Å². The Labute approximate surface area is 240 Å². The van der Waals surface area contributed by atoms with E-state index in [4.69, 9.17) is 14.5 Å². The number of aryl methyl sites for hydroxylation is 1. The number of pyridine rings is 1. The highest BCUT2D eigenvalue weighted by molar-refractivity contribution is 6.00. The molecule has 1 aliphatic heterocycles. The monoisotopic (exact) mass is 560 g/mol. The number of amides is 2. The summed E-state index contributed by atoms with van der Waals surface area (Å²) in [6, 6.07) is 9.57. The maximum absolute atomic E-state index is 13.7. The minimum atomic E-state index is -0.582. The van der Waals surface area contributed by atoms with Gasteiger partial charge in [-0.25, -0.2) is 14.8 Å². The first-order valence-electron chi connectivity index (χ1n) is 14.2. The van der Waals surface area contributed by atoms with E-state index in [1.165, 1.54) is 0 Å². The number of hydrogen-bond donors (Lipinski definition) is 1. The molecule has 1 fully saturated rings. The summed E-state index contributed by atoms with van der Waals surface area (Å²) in [6.07, 6.45) is 2.92. The molecule has 218 valence electrons. The average molecular weight is 561 g/mol. The second-order valence-corrected chi connectivity index (χ2v) is 12.2. The summed E-state index contributed by atoms with van der Waals surface area (Å²) in [7, 11) is 3.58. The van der Waals surface area contributed by atoms with Gasteiger partial charge in [0.15, 0.2) is 5.82 Å². The normalized spacial score (nSPS) is 16.0. The molecule has 4 aromatic rings. The Kier molecular flexibility index (Phi) is 7.68. The molecule has 1 aliphatic rings. The van der Waals surface area contributed by atoms with Crippen LogP contribution in [0.15, 0.2) is 36.5 Å². The van der Waals surface area contributed by atoms with Gasteiger partial charge in [-0.3, -0.25) is 4.79 Å². The number of fused-ring (bicyclic) bond motifs is 2. The van der Waals surface area contributed by atoms with Crippen molar-refractivity contribution in [2.24, 2.45) is 13.0 Å². The molecule has 10 heteroatoms. The van der Waals surface area contributed by atoms with Crippen LogP contribution in [0.3, 0.4) is 0 Å². The van der Waals surface area contributed by atoms with Crippen molar-refractivity contribution in [2.45, 2.75) is 65.6 Å². The molecule has 41 heavy (non-hydrogen) atoms. The summed E-state index contributed by atoms with van der Waals surface area (Å²) in [4.78, 5) is 37.5. The zero-order chi connectivity index (χ0) is 29.5. The molecule has 1 aromatic carbocycles. The van der Waals surface area contributed by atoms with E-state index in [9.17, 15) is 9.59 Å². The number of aromatic nitrogens is 4. The molecule has 0 spiro atoms. The Morgan fingerprint density at radius 2 is 1.98 bits per heavy atom. The number of hydrogen-bond acceptors (Lipinski definition) is 6. The lowest BCUT2D eigenvalue weighted by Gasteiger charge is -2.33. The van der Waals surface area contributed by atoms with E-state index < -0.39 is 11.7 Å². The Morgan fingerprint density at radius 1 is 1.20 bits per heavy atom. The highest BCUT2D eigenvalue weighted by Crippen LogP contribution is 2.34. The number of rotatable bonds is 6. The maximum Gasteiger partial charge on any atom is 0.407 e. The number of alkyl carbamates (subject to hydrolysis) is 1. The summed E-state index contributed by atoms with van der Waals surface area (Å²) in [5.41, 5.74) is 3.30. The number of benzene rings is 1.